The zero-order valence-electron chi connectivity index (χ0n) is 16.4. The van der Waals surface area contributed by atoms with Crippen LogP contribution in [-0.2, 0) is 0 Å². The Morgan fingerprint density at radius 3 is 2.79 bits per heavy atom. The van der Waals surface area contributed by atoms with Crippen LogP contribution in [0.2, 0.25) is 0 Å². The SMILES string of the molecule is O=C(Nc1ccc(N2CCCCC2)c2ncccc12)N1CCN2CCCC2C1. The number of pyridine rings is 1. The highest BCUT2D eigenvalue weighted by Gasteiger charge is 2.32. The van der Waals surface area contributed by atoms with Crippen LogP contribution in [0, 0.1) is 0 Å². The van der Waals surface area contributed by atoms with Crippen molar-refractivity contribution in [2.24, 2.45) is 0 Å². The second-order valence-corrected chi connectivity index (χ2v) is 8.29. The lowest BCUT2D eigenvalue weighted by Gasteiger charge is -2.37. The van der Waals surface area contributed by atoms with Gasteiger partial charge in [0.05, 0.1) is 16.9 Å². The first-order valence-electron chi connectivity index (χ1n) is 10.7. The molecule has 3 fully saturated rings. The van der Waals surface area contributed by atoms with Crippen molar-refractivity contribution in [2.45, 2.75) is 38.1 Å². The minimum Gasteiger partial charge on any atom is -0.370 e. The summed E-state index contributed by atoms with van der Waals surface area (Å²) in [6, 6.07) is 8.76. The van der Waals surface area contributed by atoms with Crippen molar-refractivity contribution in [1.82, 2.24) is 14.8 Å². The Bertz CT molecular complexity index is 863. The first kappa shape index (κ1) is 17.7. The molecule has 6 heteroatoms. The van der Waals surface area contributed by atoms with Crippen LogP contribution in [0.25, 0.3) is 10.9 Å². The number of piperazine rings is 1. The van der Waals surface area contributed by atoms with Crippen LogP contribution < -0.4 is 10.2 Å². The zero-order chi connectivity index (χ0) is 18.9. The number of carbonyl (C=O) groups excluding carboxylic acids is 1. The molecule has 3 aliphatic rings. The van der Waals surface area contributed by atoms with Gasteiger partial charge in [0.2, 0.25) is 0 Å². The predicted molar refractivity (Wildman–Crippen MR) is 113 cm³/mol. The molecule has 2 amide bonds. The van der Waals surface area contributed by atoms with E-state index >= 15 is 0 Å². The number of urea groups is 1. The molecule has 4 heterocycles. The van der Waals surface area contributed by atoms with Gasteiger partial charge in [0.15, 0.2) is 0 Å². The molecule has 3 aliphatic heterocycles. The van der Waals surface area contributed by atoms with E-state index in [4.69, 9.17) is 0 Å². The molecule has 0 saturated carbocycles. The molecule has 3 saturated heterocycles. The molecule has 1 unspecified atom stereocenters. The van der Waals surface area contributed by atoms with E-state index in [-0.39, 0.29) is 6.03 Å². The first-order valence-corrected chi connectivity index (χ1v) is 10.7. The third-order valence-corrected chi connectivity index (χ3v) is 6.56. The van der Waals surface area contributed by atoms with Crippen molar-refractivity contribution >= 4 is 28.3 Å². The number of amides is 2. The summed E-state index contributed by atoms with van der Waals surface area (Å²) in [5.41, 5.74) is 3.04. The van der Waals surface area contributed by atoms with Gasteiger partial charge >= 0.3 is 6.03 Å². The van der Waals surface area contributed by atoms with Crippen LogP contribution in [0.3, 0.4) is 0 Å². The van der Waals surface area contributed by atoms with Crippen LogP contribution in [0.15, 0.2) is 30.5 Å². The minimum atomic E-state index is 0.0161. The van der Waals surface area contributed by atoms with Gasteiger partial charge in [0.1, 0.15) is 0 Å². The average Bonchev–Trinajstić information content (AvgIpc) is 3.22. The zero-order valence-corrected chi connectivity index (χ0v) is 16.4. The lowest BCUT2D eigenvalue weighted by atomic mass is 10.1. The van der Waals surface area contributed by atoms with Gasteiger partial charge in [-0.2, -0.15) is 0 Å². The topological polar surface area (TPSA) is 51.7 Å². The molecule has 5 rings (SSSR count). The molecule has 1 aromatic heterocycles. The highest BCUT2D eigenvalue weighted by molar-refractivity contribution is 6.04. The molecule has 2 aromatic rings. The van der Waals surface area contributed by atoms with Gasteiger partial charge in [-0.1, -0.05) is 0 Å². The lowest BCUT2D eigenvalue weighted by molar-refractivity contribution is 0.124. The second kappa shape index (κ2) is 7.59. The molecule has 6 nitrogen and oxygen atoms in total. The Kier molecular flexibility index (Phi) is 4.81. The largest absolute Gasteiger partial charge is 0.370 e. The van der Waals surface area contributed by atoms with Gasteiger partial charge in [-0.05, 0) is 62.9 Å². The highest BCUT2D eigenvalue weighted by Crippen LogP contribution is 2.32. The summed E-state index contributed by atoms with van der Waals surface area (Å²) < 4.78 is 0. The normalized spacial score (nSPS) is 23.1. The maximum absolute atomic E-state index is 13.0. The number of rotatable bonds is 2. The van der Waals surface area contributed by atoms with Gasteiger partial charge in [-0.25, -0.2) is 4.79 Å². The fourth-order valence-corrected chi connectivity index (χ4v) is 5.03. The fraction of sp³-hybridized carbons (Fsp3) is 0.545. The fourth-order valence-electron chi connectivity index (χ4n) is 5.03. The molecule has 0 radical (unpaired) electrons. The number of nitrogens with zero attached hydrogens (tertiary/aromatic N) is 4. The average molecular weight is 380 g/mol. The van der Waals surface area contributed by atoms with Crippen LogP contribution in [0.4, 0.5) is 16.2 Å². The molecule has 1 N–H and O–H groups in total. The summed E-state index contributed by atoms with van der Waals surface area (Å²) >= 11 is 0. The molecular formula is C22H29N5O. The summed E-state index contributed by atoms with van der Waals surface area (Å²) in [6.45, 7) is 6.01. The summed E-state index contributed by atoms with van der Waals surface area (Å²) in [4.78, 5) is 24.6. The van der Waals surface area contributed by atoms with E-state index in [9.17, 15) is 4.79 Å². The van der Waals surface area contributed by atoms with Gasteiger partial charge in [-0.3, -0.25) is 9.88 Å². The van der Waals surface area contributed by atoms with E-state index in [0.29, 0.717) is 6.04 Å². The molecule has 148 valence electrons. The minimum absolute atomic E-state index is 0.0161. The summed E-state index contributed by atoms with van der Waals surface area (Å²) in [7, 11) is 0. The van der Waals surface area contributed by atoms with Crippen LogP contribution in [0.5, 0.6) is 0 Å². The Labute approximate surface area is 166 Å². The second-order valence-electron chi connectivity index (χ2n) is 8.29. The molecule has 1 atom stereocenters. The van der Waals surface area contributed by atoms with Crippen molar-refractivity contribution in [2.75, 3.05) is 49.5 Å². The van der Waals surface area contributed by atoms with Crippen molar-refractivity contribution in [1.29, 1.82) is 0 Å². The first-order chi connectivity index (χ1) is 13.8. The van der Waals surface area contributed by atoms with Gasteiger partial charge in [-0.15, -0.1) is 0 Å². The molecule has 0 bridgehead atoms. The molecule has 28 heavy (non-hydrogen) atoms. The van der Waals surface area contributed by atoms with Gasteiger partial charge < -0.3 is 15.1 Å². The lowest BCUT2D eigenvalue weighted by Crippen LogP contribution is -2.53. The number of nitrogens with one attached hydrogen (secondary N) is 1. The predicted octanol–water partition coefficient (Wildman–Crippen LogP) is 3.54. The number of carbonyl (C=O) groups is 1. The maximum atomic E-state index is 13.0. The molecule has 0 spiro atoms. The van der Waals surface area contributed by atoms with Gasteiger partial charge in [0, 0.05) is 50.3 Å². The van der Waals surface area contributed by atoms with Crippen LogP contribution in [-0.4, -0.2) is 66.1 Å². The highest BCUT2D eigenvalue weighted by atomic mass is 16.2. The van der Waals surface area contributed by atoms with Crippen LogP contribution >= 0.6 is 0 Å². The van der Waals surface area contributed by atoms with Crippen molar-refractivity contribution in [3.8, 4) is 0 Å². The van der Waals surface area contributed by atoms with E-state index < -0.39 is 0 Å². The molecule has 1 aromatic carbocycles. The monoisotopic (exact) mass is 379 g/mol. The molecule has 0 aliphatic carbocycles. The number of hydrogen-bond acceptors (Lipinski definition) is 4. The van der Waals surface area contributed by atoms with Gasteiger partial charge in [0.25, 0.3) is 0 Å². The van der Waals surface area contributed by atoms with E-state index in [2.05, 4.69) is 38.3 Å². The van der Waals surface area contributed by atoms with Crippen LogP contribution in [0.1, 0.15) is 32.1 Å². The number of piperidine rings is 1. The Hall–Kier alpha value is -2.34. The molecular weight excluding hydrogens is 350 g/mol. The number of benzene rings is 1. The smallest absolute Gasteiger partial charge is 0.321 e. The van der Waals surface area contributed by atoms with E-state index in [1.54, 1.807) is 0 Å². The quantitative estimate of drug-likeness (QED) is 0.867. The van der Waals surface area contributed by atoms with E-state index in [1.807, 2.05) is 17.2 Å². The Balaban J connectivity index is 1.38. The number of anilines is 2. The Morgan fingerprint density at radius 2 is 1.89 bits per heavy atom. The third kappa shape index (κ3) is 3.30. The summed E-state index contributed by atoms with van der Waals surface area (Å²) in [5, 5.41) is 4.20. The summed E-state index contributed by atoms with van der Waals surface area (Å²) in [5.74, 6) is 0. The number of hydrogen-bond donors (Lipinski definition) is 1. The van der Waals surface area contributed by atoms with Crippen molar-refractivity contribution < 1.29 is 4.79 Å². The third-order valence-electron chi connectivity index (χ3n) is 6.56. The van der Waals surface area contributed by atoms with Crippen molar-refractivity contribution in [3.63, 3.8) is 0 Å². The standard InChI is InChI=1S/C22H29N5O/c28-22(27-15-14-25-13-5-6-17(25)16-27)24-19-8-9-20(26-11-2-1-3-12-26)21-18(19)7-4-10-23-21/h4,7-10,17H,1-3,5-6,11-16H2,(H,24,28). The number of aromatic nitrogens is 1. The van der Waals surface area contributed by atoms with E-state index in [0.717, 1.165) is 49.3 Å². The van der Waals surface area contributed by atoms with E-state index in [1.165, 1.54) is 44.3 Å². The Morgan fingerprint density at radius 1 is 1.00 bits per heavy atom. The number of fused-ring (bicyclic) bond motifs is 2. The maximum Gasteiger partial charge on any atom is 0.321 e. The van der Waals surface area contributed by atoms with Crippen molar-refractivity contribution in [3.05, 3.63) is 30.5 Å². The summed E-state index contributed by atoms with van der Waals surface area (Å²) in [6.07, 6.45) is 8.10.